The van der Waals surface area contributed by atoms with E-state index in [2.05, 4.69) is 57.5 Å². The third-order valence-electron chi connectivity index (χ3n) is 8.06. The fraction of sp³-hybridized carbons (Fsp3) is 0.774. The highest BCUT2D eigenvalue weighted by Crippen LogP contribution is 2.46. The lowest BCUT2D eigenvalue weighted by molar-refractivity contribution is -0.132. The molecule has 0 unspecified atom stereocenters. The summed E-state index contributed by atoms with van der Waals surface area (Å²) in [6, 6.07) is 0. The highest BCUT2D eigenvalue weighted by molar-refractivity contribution is 9.08. The van der Waals surface area contributed by atoms with Gasteiger partial charge in [0.1, 0.15) is 17.1 Å². The number of ether oxygens (including phenoxy) is 2. The molecule has 0 radical (unpaired) electrons. The van der Waals surface area contributed by atoms with Crippen LogP contribution >= 0.6 is 15.9 Å². The van der Waals surface area contributed by atoms with Gasteiger partial charge in [-0.3, -0.25) is 4.79 Å². The van der Waals surface area contributed by atoms with Crippen LogP contribution in [0, 0.1) is 31.6 Å². The maximum Gasteiger partial charge on any atom is 0.308 e. The van der Waals surface area contributed by atoms with Crippen molar-refractivity contribution in [2.75, 3.05) is 0 Å². The van der Waals surface area contributed by atoms with E-state index in [1.807, 2.05) is 6.92 Å². The summed E-state index contributed by atoms with van der Waals surface area (Å²) in [7, 11) is 0. The molecule has 1 aliphatic rings. The first-order valence-corrected chi connectivity index (χ1v) is 15.2. The molecule has 35 heavy (non-hydrogen) atoms. The number of fused-ring (bicyclic) bond motifs is 1. The largest absolute Gasteiger partial charge is 0.487 e. The van der Waals surface area contributed by atoms with Crippen LogP contribution in [-0.4, -0.2) is 11.6 Å². The van der Waals surface area contributed by atoms with Gasteiger partial charge in [-0.15, -0.1) is 0 Å². The number of rotatable bonds is 14. The van der Waals surface area contributed by atoms with Gasteiger partial charge < -0.3 is 9.47 Å². The van der Waals surface area contributed by atoms with Gasteiger partial charge in [0.15, 0.2) is 0 Å². The van der Waals surface area contributed by atoms with Crippen molar-refractivity contribution < 1.29 is 14.3 Å². The van der Waals surface area contributed by atoms with Gasteiger partial charge in [0.25, 0.3) is 0 Å². The van der Waals surface area contributed by atoms with Gasteiger partial charge in [-0.1, -0.05) is 88.6 Å². The van der Waals surface area contributed by atoms with Crippen LogP contribution in [0.25, 0.3) is 0 Å². The monoisotopic (exact) mass is 550 g/mol. The zero-order valence-corrected chi connectivity index (χ0v) is 25.4. The van der Waals surface area contributed by atoms with Crippen LogP contribution < -0.4 is 9.47 Å². The molecule has 0 fully saturated rings. The Labute approximate surface area is 224 Å². The minimum atomic E-state index is -0.272. The van der Waals surface area contributed by atoms with Crippen molar-refractivity contribution in [1.29, 1.82) is 0 Å². The average Bonchev–Trinajstić information content (AvgIpc) is 2.77. The van der Waals surface area contributed by atoms with Crippen molar-refractivity contribution in [3.05, 3.63) is 22.3 Å². The summed E-state index contributed by atoms with van der Waals surface area (Å²) in [4.78, 5) is 11.7. The summed E-state index contributed by atoms with van der Waals surface area (Å²) in [6.45, 7) is 17.4. The molecule has 200 valence electrons. The van der Waals surface area contributed by atoms with E-state index in [0.29, 0.717) is 11.1 Å². The summed E-state index contributed by atoms with van der Waals surface area (Å²) in [6.07, 6.45) is 13.8. The van der Waals surface area contributed by atoms with Gasteiger partial charge in [-0.2, -0.15) is 0 Å². The van der Waals surface area contributed by atoms with Crippen LogP contribution in [0.1, 0.15) is 128 Å². The molecule has 0 aliphatic carbocycles. The topological polar surface area (TPSA) is 35.5 Å². The third kappa shape index (κ3) is 9.09. The standard InChI is InChI=1S/C31H51BrO3/c1-21(2)12-9-13-22(3)14-10-15-23(4)16-11-18-31(8)19-17-27-28(20-32)29(34-26(7)33)24(5)25(6)30(27)35-31/h21-23H,9-20H2,1-8H3/t22-,23-,31-/m1/s1. The van der Waals surface area contributed by atoms with Crippen LogP contribution in [0.4, 0.5) is 0 Å². The maximum atomic E-state index is 11.7. The minimum absolute atomic E-state index is 0.124. The molecule has 0 saturated heterocycles. The van der Waals surface area contributed by atoms with Gasteiger partial charge in [-0.05, 0) is 75.3 Å². The predicted octanol–water partition coefficient (Wildman–Crippen LogP) is 9.65. The Morgan fingerprint density at radius 2 is 1.54 bits per heavy atom. The zero-order chi connectivity index (χ0) is 26.2. The molecule has 0 N–H and O–H groups in total. The minimum Gasteiger partial charge on any atom is -0.487 e. The highest BCUT2D eigenvalue weighted by atomic mass is 79.9. The maximum absolute atomic E-state index is 11.7. The SMILES string of the molecule is CC(=O)Oc1c(C)c(C)c2c(c1CBr)CC[C@@](C)(CCC[C@H](C)CCC[C@H](C)CCCC(C)C)O2. The van der Waals surface area contributed by atoms with E-state index in [1.165, 1.54) is 63.9 Å². The number of hydrogen-bond donors (Lipinski definition) is 0. The first kappa shape index (κ1) is 30.2. The molecular formula is C31H51BrO3. The number of carbonyl (C=O) groups excluding carboxylic acids is 1. The summed E-state index contributed by atoms with van der Waals surface area (Å²) in [5, 5.41) is 0.660. The lowest BCUT2D eigenvalue weighted by Crippen LogP contribution is -2.37. The fourth-order valence-electron chi connectivity index (χ4n) is 5.56. The van der Waals surface area contributed by atoms with Crippen LogP contribution in [-0.2, 0) is 16.5 Å². The lowest BCUT2D eigenvalue weighted by Gasteiger charge is -2.38. The van der Waals surface area contributed by atoms with Crippen molar-refractivity contribution >= 4 is 21.9 Å². The molecule has 4 heteroatoms. The van der Waals surface area contributed by atoms with Gasteiger partial charge >= 0.3 is 5.97 Å². The lowest BCUT2D eigenvalue weighted by atomic mass is 9.83. The van der Waals surface area contributed by atoms with Crippen molar-refractivity contribution in [2.45, 2.75) is 137 Å². The summed E-state index contributed by atoms with van der Waals surface area (Å²) >= 11 is 3.62. The number of alkyl halides is 1. The average molecular weight is 552 g/mol. The van der Waals surface area contributed by atoms with Crippen molar-refractivity contribution in [3.63, 3.8) is 0 Å². The van der Waals surface area contributed by atoms with Gasteiger partial charge in [0.2, 0.25) is 0 Å². The molecular weight excluding hydrogens is 500 g/mol. The molecule has 0 spiro atoms. The molecule has 3 atom stereocenters. The van der Waals surface area contributed by atoms with Crippen molar-refractivity contribution in [3.8, 4) is 11.5 Å². The highest BCUT2D eigenvalue weighted by Gasteiger charge is 2.35. The van der Waals surface area contributed by atoms with Crippen LogP contribution in [0.5, 0.6) is 11.5 Å². The molecule has 0 aromatic heterocycles. The Morgan fingerprint density at radius 1 is 0.971 bits per heavy atom. The smallest absolute Gasteiger partial charge is 0.308 e. The Balaban J connectivity index is 1.87. The molecule has 1 aliphatic heterocycles. The van der Waals surface area contributed by atoms with E-state index in [1.54, 1.807) is 0 Å². The quantitative estimate of drug-likeness (QED) is 0.131. The number of carbonyl (C=O) groups is 1. The van der Waals surface area contributed by atoms with E-state index < -0.39 is 0 Å². The van der Waals surface area contributed by atoms with E-state index >= 15 is 0 Å². The fourth-order valence-corrected chi connectivity index (χ4v) is 6.15. The van der Waals surface area contributed by atoms with Crippen LogP contribution in [0.15, 0.2) is 0 Å². The zero-order valence-electron chi connectivity index (χ0n) is 23.8. The van der Waals surface area contributed by atoms with E-state index in [4.69, 9.17) is 9.47 Å². The van der Waals surface area contributed by atoms with E-state index in [0.717, 1.165) is 59.5 Å². The Kier molecular flexibility index (Phi) is 12.1. The molecule has 0 amide bonds. The normalized spacial score (nSPS) is 19.3. The Hall–Kier alpha value is -1.03. The Bertz CT molecular complexity index is 831. The molecule has 0 saturated carbocycles. The molecule has 3 nitrogen and oxygen atoms in total. The number of benzene rings is 1. The van der Waals surface area contributed by atoms with Gasteiger partial charge in [0.05, 0.1) is 0 Å². The van der Waals surface area contributed by atoms with Crippen molar-refractivity contribution in [1.82, 2.24) is 0 Å². The van der Waals surface area contributed by atoms with Gasteiger partial charge in [0, 0.05) is 23.4 Å². The summed E-state index contributed by atoms with van der Waals surface area (Å²) in [5.74, 6) is 3.94. The van der Waals surface area contributed by atoms with Crippen LogP contribution in [0.2, 0.25) is 0 Å². The van der Waals surface area contributed by atoms with E-state index in [-0.39, 0.29) is 11.6 Å². The molecule has 1 aromatic carbocycles. The predicted molar refractivity (Wildman–Crippen MR) is 152 cm³/mol. The first-order valence-electron chi connectivity index (χ1n) is 14.1. The molecule has 1 aromatic rings. The number of esters is 1. The second kappa shape index (κ2) is 14.1. The summed E-state index contributed by atoms with van der Waals surface area (Å²) < 4.78 is 12.3. The second-order valence-electron chi connectivity index (χ2n) is 12.0. The number of halogens is 1. The molecule has 0 bridgehead atoms. The molecule has 2 rings (SSSR count). The number of hydrogen-bond acceptors (Lipinski definition) is 3. The second-order valence-corrected chi connectivity index (χ2v) is 12.6. The van der Waals surface area contributed by atoms with E-state index in [9.17, 15) is 4.79 Å². The third-order valence-corrected chi connectivity index (χ3v) is 8.62. The molecule has 1 heterocycles. The Morgan fingerprint density at radius 3 is 2.09 bits per heavy atom. The first-order chi connectivity index (χ1) is 16.5. The van der Waals surface area contributed by atoms with Gasteiger partial charge in [-0.25, -0.2) is 0 Å². The van der Waals surface area contributed by atoms with Crippen molar-refractivity contribution in [2.24, 2.45) is 17.8 Å². The van der Waals surface area contributed by atoms with Crippen LogP contribution in [0.3, 0.4) is 0 Å². The summed E-state index contributed by atoms with van der Waals surface area (Å²) in [5.41, 5.74) is 4.25.